The van der Waals surface area contributed by atoms with Crippen LogP contribution < -0.4 is 5.32 Å². The van der Waals surface area contributed by atoms with Gasteiger partial charge in [-0.3, -0.25) is 9.59 Å². The van der Waals surface area contributed by atoms with E-state index in [0.29, 0.717) is 27.7 Å². The zero-order chi connectivity index (χ0) is 18.4. The number of furan rings is 1. The second kappa shape index (κ2) is 8.56. The highest BCUT2D eigenvalue weighted by atomic mass is 35.5. The van der Waals surface area contributed by atoms with Crippen molar-refractivity contribution in [2.24, 2.45) is 0 Å². The number of hydrogen-bond acceptors (Lipinski definition) is 4. The topological polar surface area (TPSA) is 59.3 Å². The SMILES string of the molecule is O=C/C(=C/c1ccc(Sc2ccccc2Cl)o1)NC(=O)c1ccccc1. The molecule has 3 rings (SSSR count). The number of hydrogen-bond donors (Lipinski definition) is 1. The van der Waals surface area contributed by atoms with E-state index in [2.05, 4.69) is 5.32 Å². The molecule has 0 aliphatic heterocycles. The van der Waals surface area contributed by atoms with E-state index in [1.54, 1.807) is 42.5 Å². The van der Waals surface area contributed by atoms with Gasteiger partial charge in [0.25, 0.3) is 5.91 Å². The number of carbonyl (C=O) groups excluding carboxylic acids is 2. The molecule has 0 spiro atoms. The quantitative estimate of drug-likeness (QED) is 0.477. The Kier molecular flexibility index (Phi) is 5.94. The fraction of sp³-hybridized carbons (Fsp3) is 0. The van der Waals surface area contributed by atoms with Crippen molar-refractivity contribution in [3.8, 4) is 0 Å². The summed E-state index contributed by atoms with van der Waals surface area (Å²) in [7, 11) is 0. The van der Waals surface area contributed by atoms with Gasteiger partial charge < -0.3 is 9.73 Å². The number of carbonyl (C=O) groups is 2. The Bertz CT molecular complexity index is 950. The van der Waals surface area contributed by atoms with E-state index in [1.165, 1.54) is 17.8 Å². The minimum Gasteiger partial charge on any atom is -0.450 e. The minimum absolute atomic E-state index is 0.113. The number of benzene rings is 2. The number of allylic oxidation sites excluding steroid dienone is 1. The molecule has 0 atom stereocenters. The van der Waals surface area contributed by atoms with Gasteiger partial charge in [0.1, 0.15) is 5.76 Å². The summed E-state index contributed by atoms with van der Waals surface area (Å²) in [4.78, 5) is 24.3. The Labute approximate surface area is 159 Å². The third-order valence-electron chi connectivity index (χ3n) is 3.37. The maximum Gasteiger partial charge on any atom is 0.255 e. The molecule has 1 N–H and O–H groups in total. The van der Waals surface area contributed by atoms with Gasteiger partial charge >= 0.3 is 0 Å². The summed E-state index contributed by atoms with van der Waals surface area (Å²) in [6.45, 7) is 0. The van der Waals surface area contributed by atoms with Crippen molar-refractivity contribution in [3.05, 3.63) is 88.8 Å². The van der Waals surface area contributed by atoms with Gasteiger partial charge in [0.05, 0.1) is 10.7 Å². The van der Waals surface area contributed by atoms with Crippen LogP contribution in [0.15, 0.2) is 86.8 Å². The van der Waals surface area contributed by atoms with Crippen LogP contribution in [0.3, 0.4) is 0 Å². The molecule has 3 aromatic rings. The number of nitrogens with one attached hydrogen (secondary N) is 1. The first kappa shape index (κ1) is 18.0. The highest BCUT2D eigenvalue weighted by Crippen LogP contribution is 2.34. The predicted molar refractivity (Wildman–Crippen MR) is 102 cm³/mol. The van der Waals surface area contributed by atoms with Crippen LogP contribution in [0, 0.1) is 0 Å². The van der Waals surface area contributed by atoms with Gasteiger partial charge in [-0.1, -0.05) is 53.7 Å². The van der Waals surface area contributed by atoms with Crippen LogP contribution in [-0.4, -0.2) is 12.2 Å². The maximum atomic E-state index is 12.1. The Morgan fingerprint density at radius 1 is 1.00 bits per heavy atom. The minimum atomic E-state index is -0.360. The highest BCUT2D eigenvalue weighted by Gasteiger charge is 2.09. The first-order valence-corrected chi connectivity index (χ1v) is 8.90. The molecular formula is C20H14ClNO3S. The lowest BCUT2D eigenvalue weighted by atomic mass is 10.2. The molecule has 0 unspecified atom stereocenters. The Morgan fingerprint density at radius 2 is 1.73 bits per heavy atom. The smallest absolute Gasteiger partial charge is 0.255 e. The maximum absolute atomic E-state index is 12.1. The fourth-order valence-electron chi connectivity index (χ4n) is 2.15. The summed E-state index contributed by atoms with van der Waals surface area (Å²) in [6.07, 6.45) is 2.05. The molecule has 0 bridgehead atoms. The van der Waals surface area contributed by atoms with Gasteiger partial charge in [0.15, 0.2) is 11.4 Å². The van der Waals surface area contributed by atoms with Crippen LogP contribution in [0.4, 0.5) is 0 Å². The summed E-state index contributed by atoms with van der Waals surface area (Å²) in [5.74, 6) is 0.0937. The Balaban J connectivity index is 1.72. The number of rotatable bonds is 6. The molecule has 1 amide bonds. The second-order valence-corrected chi connectivity index (χ2v) is 6.68. The summed E-state index contributed by atoms with van der Waals surface area (Å²) >= 11 is 7.51. The number of amides is 1. The molecule has 0 radical (unpaired) electrons. The number of halogens is 1. The second-order valence-electron chi connectivity index (χ2n) is 5.23. The van der Waals surface area contributed by atoms with E-state index < -0.39 is 0 Å². The van der Waals surface area contributed by atoms with Gasteiger partial charge in [-0.05, 0) is 36.4 Å². The summed E-state index contributed by atoms with van der Waals surface area (Å²) in [6, 6.07) is 19.6. The van der Waals surface area contributed by atoms with Gasteiger partial charge in [0.2, 0.25) is 0 Å². The Morgan fingerprint density at radius 3 is 2.46 bits per heavy atom. The van der Waals surface area contributed by atoms with Crippen molar-refractivity contribution in [2.45, 2.75) is 9.99 Å². The lowest BCUT2D eigenvalue weighted by molar-refractivity contribution is -0.105. The molecule has 130 valence electrons. The van der Waals surface area contributed by atoms with Crippen molar-refractivity contribution in [1.82, 2.24) is 5.32 Å². The zero-order valence-electron chi connectivity index (χ0n) is 13.5. The standard InChI is InChI=1S/C20H14ClNO3S/c21-17-8-4-5-9-18(17)26-19-11-10-16(25-19)12-15(13-23)22-20(24)14-6-2-1-3-7-14/h1-13H,(H,22,24)/b15-12-. The lowest BCUT2D eigenvalue weighted by Gasteiger charge is -2.03. The third-order valence-corrected chi connectivity index (χ3v) is 4.81. The molecular weight excluding hydrogens is 370 g/mol. The Hall–Kier alpha value is -2.76. The van der Waals surface area contributed by atoms with Gasteiger partial charge in [0, 0.05) is 16.5 Å². The van der Waals surface area contributed by atoms with Crippen LogP contribution in [0.2, 0.25) is 5.02 Å². The normalized spacial score (nSPS) is 11.2. The van der Waals surface area contributed by atoms with E-state index in [1.807, 2.05) is 24.3 Å². The first-order chi connectivity index (χ1) is 12.7. The van der Waals surface area contributed by atoms with Crippen LogP contribution >= 0.6 is 23.4 Å². The molecule has 0 saturated carbocycles. The van der Waals surface area contributed by atoms with E-state index in [0.717, 1.165) is 4.90 Å². The summed E-state index contributed by atoms with van der Waals surface area (Å²) in [5.41, 5.74) is 0.581. The highest BCUT2D eigenvalue weighted by molar-refractivity contribution is 7.99. The van der Waals surface area contributed by atoms with Crippen LogP contribution in [-0.2, 0) is 4.79 Å². The molecule has 1 heterocycles. The molecule has 0 saturated heterocycles. The van der Waals surface area contributed by atoms with Crippen molar-refractivity contribution in [2.75, 3.05) is 0 Å². The monoisotopic (exact) mass is 383 g/mol. The average Bonchev–Trinajstić information content (AvgIpc) is 3.10. The van der Waals surface area contributed by atoms with Crippen LogP contribution in [0.25, 0.3) is 6.08 Å². The van der Waals surface area contributed by atoms with Crippen LogP contribution in [0.1, 0.15) is 16.1 Å². The van der Waals surface area contributed by atoms with Gasteiger partial charge in [-0.2, -0.15) is 0 Å². The van der Waals surface area contributed by atoms with E-state index in [9.17, 15) is 9.59 Å². The van der Waals surface area contributed by atoms with E-state index in [-0.39, 0.29) is 11.6 Å². The van der Waals surface area contributed by atoms with Gasteiger partial charge in [-0.15, -0.1) is 0 Å². The summed E-state index contributed by atoms with van der Waals surface area (Å²) in [5, 5.41) is 3.83. The fourth-order valence-corrected chi connectivity index (χ4v) is 3.20. The van der Waals surface area contributed by atoms with Crippen molar-refractivity contribution in [1.29, 1.82) is 0 Å². The zero-order valence-corrected chi connectivity index (χ0v) is 15.1. The molecule has 4 nitrogen and oxygen atoms in total. The van der Waals surface area contributed by atoms with E-state index >= 15 is 0 Å². The molecule has 0 aliphatic carbocycles. The van der Waals surface area contributed by atoms with Crippen molar-refractivity contribution < 1.29 is 14.0 Å². The molecule has 0 fully saturated rings. The molecule has 26 heavy (non-hydrogen) atoms. The lowest BCUT2D eigenvalue weighted by Crippen LogP contribution is -2.23. The third kappa shape index (κ3) is 4.65. The van der Waals surface area contributed by atoms with E-state index in [4.69, 9.17) is 16.0 Å². The average molecular weight is 384 g/mol. The van der Waals surface area contributed by atoms with Gasteiger partial charge in [-0.25, -0.2) is 0 Å². The van der Waals surface area contributed by atoms with Crippen LogP contribution in [0.5, 0.6) is 0 Å². The summed E-state index contributed by atoms with van der Waals surface area (Å²) < 4.78 is 5.68. The first-order valence-electron chi connectivity index (χ1n) is 7.71. The predicted octanol–water partition coefficient (Wildman–Crippen LogP) is 5.05. The molecule has 6 heteroatoms. The number of aldehydes is 1. The molecule has 0 aliphatic rings. The molecule has 1 aromatic heterocycles. The largest absolute Gasteiger partial charge is 0.450 e. The molecule has 2 aromatic carbocycles. The van der Waals surface area contributed by atoms with Crippen molar-refractivity contribution >= 4 is 41.6 Å². The van der Waals surface area contributed by atoms with Crippen molar-refractivity contribution in [3.63, 3.8) is 0 Å².